The summed E-state index contributed by atoms with van der Waals surface area (Å²) < 4.78 is 37.4. The Balaban J connectivity index is 2.00. The van der Waals surface area contributed by atoms with Gasteiger partial charge in [-0.05, 0) is 30.5 Å². The third-order valence-corrected chi connectivity index (χ3v) is 3.08. The lowest BCUT2D eigenvalue weighted by atomic mass is 9.96. The van der Waals surface area contributed by atoms with Gasteiger partial charge in [-0.25, -0.2) is 9.97 Å². The van der Waals surface area contributed by atoms with E-state index >= 15 is 0 Å². The van der Waals surface area contributed by atoms with Crippen LogP contribution in [0.2, 0.25) is 5.28 Å². The van der Waals surface area contributed by atoms with E-state index in [1.807, 2.05) is 0 Å². The van der Waals surface area contributed by atoms with Crippen LogP contribution in [0.1, 0.15) is 12.8 Å². The van der Waals surface area contributed by atoms with Crippen molar-refractivity contribution >= 4 is 17.4 Å². The fourth-order valence-electron chi connectivity index (χ4n) is 1.94. The van der Waals surface area contributed by atoms with E-state index in [9.17, 15) is 13.2 Å². The van der Waals surface area contributed by atoms with Gasteiger partial charge in [0.15, 0.2) is 0 Å². The average Bonchev–Trinajstić information content (AvgIpc) is 2.28. The van der Waals surface area contributed by atoms with Crippen molar-refractivity contribution in [2.24, 2.45) is 5.92 Å². The lowest BCUT2D eigenvalue weighted by molar-refractivity contribution is -0.179. The number of alkyl halides is 3. The zero-order valence-electron chi connectivity index (χ0n) is 8.91. The van der Waals surface area contributed by atoms with E-state index in [1.54, 1.807) is 11.0 Å². The quantitative estimate of drug-likeness (QED) is 0.731. The van der Waals surface area contributed by atoms with E-state index in [1.165, 1.54) is 6.20 Å². The fraction of sp³-hybridized carbons (Fsp3) is 0.600. The Morgan fingerprint density at radius 2 is 1.94 bits per heavy atom. The van der Waals surface area contributed by atoms with Crippen molar-refractivity contribution in [3.8, 4) is 0 Å². The van der Waals surface area contributed by atoms with Gasteiger partial charge >= 0.3 is 6.18 Å². The van der Waals surface area contributed by atoms with Crippen molar-refractivity contribution in [2.75, 3.05) is 18.0 Å². The van der Waals surface area contributed by atoms with Crippen molar-refractivity contribution in [1.29, 1.82) is 0 Å². The highest BCUT2D eigenvalue weighted by molar-refractivity contribution is 6.28. The molecule has 0 aliphatic carbocycles. The van der Waals surface area contributed by atoms with Gasteiger partial charge in [-0.3, -0.25) is 0 Å². The van der Waals surface area contributed by atoms with E-state index in [0.29, 0.717) is 18.9 Å². The molecule has 1 aromatic heterocycles. The van der Waals surface area contributed by atoms with Crippen LogP contribution in [-0.2, 0) is 0 Å². The molecule has 0 spiro atoms. The maximum Gasteiger partial charge on any atom is 0.391 e. The third-order valence-electron chi connectivity index (χ3n) is 2.89. The Labute approximate surface area is 102 Å². The molecule has 1 saturated heterocycles. The highest BCUT2D eigenvalue weighted by Gasteiger charge is 2.41. The lowest BCUT2D eigenvalue weighted by Gasteiger charge is -2.33. The molecule has 0 bridgehead atoms. The van der Waals surface area contributed by atoms with Crippen LogP contribution in [0.3, 0.4) is 0 Å². The molecule has 0 radical (unpaired) electrons. The minimum Gasteiger partial charge on any atom is -0.356 e. The normalized spacial score (nSPS) is 18.5. The fourth-order valence-corrected chi connectivity index (χ4v) is 2.08. The molecule has 0 unspecified atom stereocenters. The first-order valence-corrected chi connectivity index (χ1v) is 5.65. The van der Waals surface area contributed by atoms with E-state index in [-0.39, 0.29) is 18.1 Å². The lowest BCUT2D eigenvalue weighted by Crippen LogP contribution is -2.39. The Bertz CT molecular complexity index is 389. The third kappa shape index (κ3) is 3.00. The van der Waals surface area contributed by atoms with Crippen LogP contribution in [0.25, 0.3) is 0 Å². The van der Waals surface area contributed by atoms with Gasteiger partial charge in [0.05, 0.1) is 5.92 Å². The summed E-state index contributed by atoms with van der Waals surface area (Å²) in [6.45, 7) is 0.690. The van der Waals surface area contributed by atoms with Gasteiger partial charge in [-0.2, -0.15) is 13.2 Å². The molecule has 94 valence electrons. The van der Waals surface area contributed by atoms with Gasteiger partial charge < -0.3 is 4.90 Å². The number of halogens is 4. The van der Waals surface area contributed by atoms with Gasteiger partial charge in [0, 0.05) is 19.3 Å². The van der Waals surface area contributed by atoms with Crippen LogP contribution in [-0.4, -0.2) is 29.2 Å². The van der Waals surface area contributed by atoms with Gasteiger partial charge in [0.1, 0.15) is 5.82 Å². The van der Waals surface area contributed by atoms with Crippen LogP contribution in [0.15, 0.2) is 12.3 Å². The average molecular weight is 266 g/mol. The summed E-state index contributed by atoms with van der Waals surface area (Å²) in [5.74, 6) is -0.610. The second-order valence-electron chi connectivity index (χ2n) is 3.99. The predicted octanol–water partition coefficient (Wildman–Crippen LogP) is 2.91. The SMILES string of the molecule is FC(F)(F)C1CCN(c2ccnc(Cl)n2)CC1. The molecule has 0 saturated carbocycles. The molecule has 0 amide bonds. The minimum atomic E-state index is -4.09. The highest BCUT2D eigenvalue weighted by Crippen LogP contribution is 2.34. The van der Waals surface area contributed by atoms with Crippen LogP contribution < -0.4 is 4.90 Å². The van der Waals surface area contributed by atoms with Crippen molar-refractivity contribution < 1.29 is 13.2 Å². The first-order chi connectivity index (χ1) is 7.97. The molecule has 17 heavy (non-hydrogen) atoms. The summed E-state index contributed by atoms with van der Waals surface area (Å²) in [4.78, 5) is 9.52. The van der Waals surface area contributed by atoms with Crippen LogP contribution in [0.5, 0.6) is 0 Å². The van der Waals surface area contributed by atoms with Gasteiger partial charge in [-0.15, -0.1) is 0 Å². The standard InChI is InChI=1S/C10H11ClF3N3/c11-9-15-4-1-8(16-9)17-5-2-7(3-6-17)10(12,13)14/h1,4,7H,2-3,5-6H2. The van der Waals surface area contributed by atoms with Crippen molar-refractivity contribution in [3.63, 3.8) is 0 Å². The second kappa shape index (κ2) is 4.68. The number of anilines is 1. The molecule has 3 nitrogen and oxygen atoms in total. The van der Waals surface area contributed by atoms with E-state index in [4.69, 9.17) is 11.6 Å². The van der Waals surface area contributed by atoms with Crippen LogP contribution in [0, 0.1) is 5.92 Å². The molecule has 0 N–H and O–H groups in total. The number of piperidine rings is 1. The summed E-state index contributed by atoms with van der Waals surface area (Å²) in [6.07, 6.45) is -2.38. The summed E-state index contributed by atoms with van der Waals surface area (Å²) in [5, 5.41) is 0.112. The zero-order valence-corrected chi connectivity index (χ0v) is 9.67. The minimum absolute atomic E-state index is 0.102. The molecular formula is C10H11ClF3N3. The molecule has 1 fully saturated rings. The largest absolute Gasteiger partial charge is 0.391 e. The highest BCUT2D eigenvalue weighted by atomic mass is 35.5. The van der Waals surface area contributed by atoms with Crippen LogP contribution in [0.4, 0.5) is 19.0 Å². The number of hydrogen-bond donors (Lipinski definition) is 0. The summed E-state index contributed by atoms with van der Waals surface area (Å²) in [6, 6.07) is 1.65. The Morgan fingerprint density at radius 3 is 2.47 bits per heavy atom. The Kier molecular flexibility index (Phi) is 3.42. The number of hydrogen-bond acceptors (Lipinski definition) is 3. The Hall–Kier alpha value is -1.04. The number of aromatic nitrogens is 2. The van der Waals surface area contributed by atoms with E-state index < -0.39 is 12.1 Å². The predicted molar refractivity (Wildman–Crippen MR) is 58.0 cm³/mol. The van der Waals surface area contributed by atoms with Crippen molar-refractivity contribution in [2.45, 2.75) is 19.0 Å². The molecule has 0 aromatic carbocycles. The van der Waals surface area contributed by atoms with Crippen molar-refractivity contribution in [3.05, 3.63) is 17.5 Å². The van der Waals surface area contributed by atoms with Crippen LogP contribution >= 0.6 is 11.6 Å². The van der Waals surface area contributed by atoms with Gasteiger partial charge in [0.25, 0.3) is 0 Å². The zero-order chi connectivity index (χ0) is 12.5. The smallest absolute Gasteiger partial charge is 0.356 e. The molecular weight excluding hydrogens is 255 g/mol. The first-order valence-electron chi connectivity index (χ1n) is 5.27. The molecule has 1 aliphatic heterocycles. The first kappa shape index (κ1) is 12.4. The molecule has 2 heterocycles. The van der Waals surface area contributed by atoms with Gasteiger partial charge in [0.2, 0.25) is 5.28 Å². The number of rotatable bonds is 1. The van der Waals surface area contributed by atoms with Gasteiger partial charge in [-0.1, -0.05) is 0 Å². The summed E-state index contributed by atoms with van der Waals surface area (Å²) in [7, 11) is 0. The second-order valence-corrected chi connectivity index (χ2v) is 4.32. The molecule has 7 heteroatoms. The maximum absolute atomic E-state index is 12.5. The topological polar surface area (TPSA) is 29.0 Å². The van der Waals surface area contributed by atoms with E-state index in [2.05, 4.69) is 9.97 Å². The molecule has 1 aromatic rings. The molecule has 1 aliphatic rings. The summed E-state index contributed by atoms with van der Waals surface area (Å²) in [5.41, 5.74) is 0. The summed E-state index contributed by atoms with van der Waals surface area (Å²) >= 11 is 5.64. The Morgan fingerprint density at radius 1 is 1.29 bits per heavy atom. The maximum atomic E-state index is 12.5. The molecule has 0 atom stereocenters. The van der Waals surface area contributed by atoms with E-state index in [0.717, 1.165) is 0 Å². The van der Waals surface area contributed by atoms with Crippen molar-refractivity contribution in [1.82, 2.24) is 9.97 Å². The molecule has 2 rings (SSSR count). The monoisotopic (exact) mass is 265 g/mol. The number of nitrogens with zero attached hydrogens (tertiary/aromatic N) is 3.